The third-order valence-corrected chi connectivity index (χ3v) is 4.73. The number of imidazole rings is 1. The Hall–Kier alpha value is -2.93. The monoisotopic (exact) mass is 403 g/mol. The van der Waals surface area contributed by atoms with Crippen molar-refractivity contribution in [3.8, 4) is 6.01 Å². The maximum absolute atomic E-state index is 13.2. The first-order valence-corrected chi connectivity index (χ1v) is 9.20. The Bertz CT molecular complexity index is 913. The van der Waals surface area contributed by atoms with Crippen molar-refractivity contribution in [2.24, 2.45) is 5.92 Å². The molecule has 0 fully saturated rings. The van der Waals surface area contributed by atoms with Crippen LogP contribution in [0.1, 0.15) is 17.5 Å². The van der Waals surface area contributed by atoms with Crippen LogP contribution in [-0.4, -0.2) is 14.6 Å². The molecule has 0 amide bonds. The van der Waals surface area contributed by atoms with Gasteiger partial charge in [-0.1, -0.05) is 35.9 Å². The van der Waals surface area contributed by atoms with Gasteiger partial charge in [-0.15, -0.1) is 10.1 Å². The Balaban J connectivity index is 1.73. The summed E-state index contributed by atoms with van der Waals surface area (Å²) < 4.78 is 14.8. The summed E-state index contributed by atoms with van der Waals surface area (Å²) in [4.78, 5) is 19.1. The predicted molar refractivity (Wildman–Crippen MR) is 103 cm³/mol. The fourth-order valence-corrected chi connectivity index (χ4v) is 3.23. The number of nitrogens with zero attached hydrogens (tertiary/aromatic N) is 3. The highest BCUT2D eigenvalue weighted by atomic mass is 35.5. The topological polar surface area (TPSA) is 70.2 Å². The second-order valence-electron chi connectivity index (χ2n) is 6.54. The maximum Gasteiger partial charge on any atom is 0.302 e. The molecule has 1 unspecified atom stereocenters. The van der Waals surface area contributed by atoms with E-state index in [1.54, 1.807) is 22.9 Å². The first-order chi connectivity index (χ1) is 13.5. The average Bonchev–Trinajstić information content (AvgIpc) is 3.09. The van der Waals surface area contributed by atoms with E-state index in [9.17, 15) is 14.5 Å². The van der Waals surface area contributed by atoms with Crippen molar-refractivity contribution in [1.82, 2.24) is 9.55 Å². The molecule has 3 aromatic rings. The lowest BCUT2D eigenvalue weighted by atomic mass is 9.92. The lowest BCUT2D eigenvalue weighted by molar-refractivity contribution is -0.713. The van der Waals surface area contributed by atoms with Gasteiger partial charge < -0.3 is 4.57 Å². The number of halogens is 2. The summed E-state index contributed by atoms with van der Waals surface area (Å²) >= 11 is 5.94. The van der Waals surface area contributed by atoms with Gasteiger partial charge in [0.15, 0.2) is 0 Å². The van der Waals surface area contributed by atoms with Crippen molar-refractivity contribution < 1.29 is 14.3 Å². The summed E-state index contributed by atoms with van der Waals surface area (Å²) in [7, 11) is 0. The lowest BCUT2D eigenvalue weighted by Crippen LogP contribution is -2.17. The third-order valence-electron chi connectivity index (χ3n) is 4.48. The fourth-order valence-electron chi connectivity index (χ4n) is 3.11. The Morgan fingerprint density at radius 3 is 2.50 bits per heavy atom. The molecule has 28 heavy (non-hydrogen) atoms. The van der Waals surface area contributed by atoms with Gasteiger partial charge in [0.05, 0.1) is 0 Å². The standard InChI is InChI=1S/C20H19ClFN3O3/c21-18-7-3-15(4-8-18)1-2-17(13-16-5-9-19(22)10-6-16)14-24-12-11-23-20(24)28-25(26)27/h3-12,17H,1-2,13-14H2. The Labute approximate surface area is 166 Å². The summed E-state index contributed by atoms with van der Waals surface area (Å²) in [5, 5.41) is 10.5. The fraction of sp³-hybridized carbons (Fsp3) is 0.250. The minimum atomic E-state index is -0.873. The first kappa shape index (κ1) is 19.8. The van der Waals surface area contributed by atoms with Crippen LogP contribution in [0.4, 0.5) is 4.39 Å². The molecule has 0 spiro atoms. The Morgan fingerprint density at radius 1 is 1.14 bits per heavy atom. The summed E-state index contributed by atoms with van der Waals surface area (Å²) in [6.07, 6.45) is 5.47. The van der Waals surface area contributed by atoms with Gasteiger partial charge in [0.1, 0.15) is 5.82 Å². The molecule has 0 aliphatic rings. The minimum absolute atomic E-state index is 0.0550. The lowest BCUT2D eigenvalue weighted by Gasteiger charge is -2.19. The van der Waals surface area contributed by atoms with E-state index in [2.05, 4.69) is 9.82 Å². The van der Waals surface area contributed by atoms with Crippen molar-refractivity contribution in [2.45, 2.75) is 25.8 Å². The summed E-state index contributed by atoms with van der Waals surface area (Å²) in [6, 6.07) is 14.0. The SMILES string of the molecule is O=[N+]([O-])Oc1nccn1CC(CCc1ccc(Cl)cc1)Cc1ccc(F)cc1. The van der Waals surface area contributed by atoms with Gasteiger partial charge in [-0.05, 0) is 60.6 Å². The molecule has 0 radical (unpaired) electrons. The van der Waals surface area contributed by atoms with Gasteiger partial charge in [0, 0.05) is 24.0 Å². The van der Waals surface area contributed by atoms with E-state index in [1.807, 2.05) is 24.3 Å². The van der Waals surface area contributed by atoms with E-state index in [4.69, 9.17) is 11.6 Å². The highest BCUT2D eigenvalue weighted by molar-refractivity contribution is 6.30. The van der Waals surface area contributed by atoms with E-state index in [0.717, 1.165) is 24.0 Å². The zero-order chi connectivity index (χ0) is 19.9. The van der Waals surface area contributed by atoms with Crippen LogP contribution in [0.15, 0.2) is 60.9 Å². The van der Waals surface area contributed by atoms with Crippen molar-refractivity contribution in [3.63, 3.8) is 0 Å². The normalized spacial score (nSPS) is 11.9. The Morgan fingerprint density at radius 2 is 1.82 bits per heavy atom. The second kappa shape index (κ2) is 9.32. The number of benzene rings is 2. The van der Waals surface area contributed by atoms with Gasteiger partial charge in [0.2, 0.25) is 0 Å². The van der Waals surface area contributed by atoms with Crippen LogP contribution in [0.2, 0.25) is 5.02 Å². The van der Waals surface area contributed by atoms with Crippen molar-refractivity contribution in [3.05, 3.63) is 93.0 Å². The molecule has 3 rings (SSSR count). The van der Waals surface area contributed by atoms with E-state index < -0.39 is 5.09 Å². The number of hydrogen-bond donors (Lipinski definition) is 0. The van der Waals surface area contributed by atoms with Crippen LogP contribution < -0.4 is 4.84 Å². The number of aryl methyl sites for hydroxylation is 1. The van der Waals surface area contributed by atoms with E-state index in [1.165, 1.54) is 18.3 Å². The number of hydrogen-bond acceptors (Lipinski definition) is 4. The molecule has 6 nitrogen and oxygen atoms in total. The van der Waals surface area contributed by atoms with Gasteiger partial charge in [-0.25, -0.2) is 14.2 Å². The van der Waals surface area contributed by atoms with Crippen LogP contribution >= 0.6 is 11.6 Å². The number of aromatic nitrogens is 2. The van der Waals surface area contributed by atoms with Gasteiger partial charge in [-0.2, -0.15) is 0 Å². The molecule has 0 saturated heterocycles. The summed E-state index contributed by atoms with van der Waals surface area (Å²) in [5.41, 5.74) is 2.15. The molecule has 0 aliphatic heterocycles. The average molecular weight is 404 g/mol. The minimum Gasteiger partial charge on any atom is -0.312 e. The molecule has 146 valence electrons. The molecular weight excluding hydrogens is 385 g/mol. The van der Waals surface area contributed by atoms with Gasteiger partial charge >= 0.3 is 5.09 Å². The van der Waals surface area contributed by atoms with E-state index in [0.29, 0.717) is 18.0 Å². The van der Waals surface area contributed by atoms with Crippen molar-refractivity contribution in [2.75, 3.05) is 0 Å². The highest BCUT2D eigenvalue weighted by Crippen LogP contribution is 2.21. The Kier molecular flexibility index (Phi) is 6.60. The van der Waals surface area contributed by atoms with Gasteiger partial charge in [0.25, 0.3) is 6.01 Å². The molecule has 0 bridgehead atoms. The molecular formula is C20H19ClFN3O3. The molecule has 1 atom stereocenters. The third kappa shape index (κ3) is 5.79. The molecule has 2 aromatic carbocycles. The van der Waals surface area contributed by atoms with E-state index in [-0.39, 0.29) is 17.7 Å². The van der Waals surface area contributed by atoms with Crippen LogP contribution in [-0.2, 0) is 19.4 Å². The van der Waals surface area contributed by atoms with Crippen molar-refractivity contribution in [1.29, 1.82) is 0 Å². The predicted octanol–water partition coefficient (Wildman–Crippen LogP) is 4.74. The zero-order valence-electron chi connectivity index (χ0n) is 15.0. The smallest absolute Gasteiger partial charge is 0.302 e. The zero-order valence-corrected chi connectivity index (χ0v) is 15.8. The first-order valence-electron chi connectivity index (χ1n) is 8.82. The van der Waals surface area contributed by atoms with Crippen molar-refractivity contribution >= 4 is 11.6 Å². The van der Waals surface area contributed by atoms with Crippen LogP contribution in [0, 0.1) is 21.8 Å². The van der Waals surface area contributed by atoms with Gasteiger partial charge in [-0.3, -0.25) is 0 Å². The maximum atomic E-state index is 13.2. The molecule has 0 N–H and O–H groups in total. The molecule has 1 heterocycles. The molecule has 1 aromatic heterocycles. The summed E-state index contributed by atoms with van der Waals surface area (Å²) in [6.45, 7) is 0.494. The largest absolute Gasteiger partial charge is 0.312 e. The van der Waals surface area contributed by atoms with Crippen LogP contribution in [0.5, 0.6) is 6.01 Å². The van der Waals surface area contributed by atoms with E-state index >= 15 is 0 Å². The molecule has 0 saturated carbocycles. The molecule has 8 heteroatoms. The van der Waals surface area contributed by atoms with Crippen LogP contribution in [0.25, 0.3) is 0 Å². The summed E-state index contributed by atoms with van der Waals surface area (Å²) in [5.74, 6) is -0.137. The number of rotatable bonds is 9. The quantitative estimate of drug-likeness (QED) is 0.382. The molecule has 0 aliphatic carbocycles. The van der Waals surface area contributed by atoms with Crippen LogP contribution in [0.3, 0.4) is 0 Å². The second-order valence-corrected chi connectivity index (χ2v) is 6.98. The highest BCUT2D eigenvalue weighted by Gasteiger charge is 2.15.